The molecule has 0 fully saturated rings. The van der Waals surface area contributed by atoms with Gasteiger partial charge in [-0.15, -0.1) is 0 Å². The van der Waals surface area contributed by atoms with Crippen LogP contribution in [0.15, 0.2) is 119 Å². The maximum absolute atomic E-state index is 11.4. The summed E-state index contributed by atoms with van der Waals surface area (Å²) in [7, 11) is 0. The van der Waals surface area contributed by atoms with Crippen LogP contribution in [0.3, 0.4) is 0 Å². The van der Waals surface area contributed by atoms with Gasteiger partial charge in [0.05, 0.1) is 5.92 Å². The summed E-state index contributed by atoms with van der Waals surface area (Å²) in [6.45, 7) is 3.84. The van der Waals surface area contributed by atoms with Gasteiger partial charge in [-0.25, -0.2) is 0 Å². The normalized spacial score (nSPS) is 11.7. The van der Waals surface area contributed by atoms with Crippen LogP contribution in [0, 0.1) is 0 Å². The molecular weight excluding hydrogens is 462 g/mol. The zero-order valence-corrected chi connectivity index (χ0v) is 21.5. The van der Waals surface area contributed by atoms with Crippen LogP contribution < -0.4 is 4.90 Å². The van der Waals surface area contributed by atoms with Gasteiger partial charge < -0.3 is 10.0 Å². The summed E-state index contributed by atoms with van der Waals surface area (Å²) in [6, 6.07) is 38.0. The van der Waals surface area contributed by atoms with E-state index in [4.69, 9.17) is 0 Å². The Morgan fingerprint density at radius 2 is 1.19 bits per heavy atom. The van der Waals surface area contributed by atoms with Crippen molar-refractivity contribution in [1.29, 1.82) is 0 Å². The molecule has 0 aromatic heterocycles. The third kappa shape index (κ3) is 7.25. The molecule has 0 saturated carbocycles. The van der Waals surface area contributed by atoms with E-state index in [2.05, 4.69) is 89.8 Å². The second-order valence-corrected chi connectivity index (χ2v) is 10.1. The first-order valence-corrected chi connectivity index (χ1v) is 13.4. The van der Waals surface area contributed by atoms with Crippen LogP contribution in [-0.4, -0.2) is 24.2 Å². The van der Waals surface area contributed by atoms with Crippen LogP contribution in [0.1, 0.15) is 36.0 Å². The van der Waals surface area contributed by atoms with Crippen LogP contribution in [0.5, 0.6) is 0 Å². The molecule has 1 N–H and O–H groups in total. The molecule has 4 rings (SSSR count). The largest absolute Gasteiger partial charge is 0.481 e. The van der Waals surface area contributed by atoms with E-state index in [9.17, 15) is 9.90 Å². The van der Waals surface area contributed by atoms with Crippen molar-refractivity contribution in [2.75, 3.05) is 18.0 Å². The standard InChI is InChI=1S/C32H33NO2S/c1-2-31(32(34)35)27-13-17-29(18-14-27)36-30-19-15-28(16-20-30)33(23-21-25-9-5-3-6-10-25)24-22-26-11-7-4-8-12-26/h3-20,31H,2,21-24H2,1H3,(H,34,35). The van der Waals surface area contributed by atoms with E-state index < -0.39 is 11.9 Å². The second kappa shape index (κ2) is 13.0. The molecule has 1 unspecified atom stereocenters. The van der Waals surface area contributed by atoms with Gasteiger partial charge in [-0.05, 0) is 72.4 Å². The van der Waals surface area contributed by atoms with Crippen LogP contribution in [0.2, 0.25) is 0 Å². The average Bonchev–Trinajstić information content (AvgIpc) is 2.92. The number of carbonyl (C=O) groups is 1. The number of benzene rings is 4. The molecule has 0 spiro atoms. The highest BCUT2D eigenvalue weighted by Crippen LogP contribution is 2.31. The minimum atomic E-state index is -0.766. The summed E-state index contributed by atoms with van der Waals surface area (Å²) in [6.07, 6.45) is 2.61. The number of aliphatic carboxylic acids is 1. The topological polar surface area (TPSA) is 40.5 Å². The molecule has 4 aromatic carbocycles. The molecule has 0 bridgehead atoms. The summed E-state index contributed by atoms with van der Waals surface area (Å²) < 4.78 is 0. The summed E-state index contributed by atoms with van der Waals surface area (Å²) in [4.78, 5) is 16.2. The lowest BCUT2D eigenvalue weighted by Crippen LogP contribution is -2.28. The molecule has 0 aliphatic rings. The van der Waals surface area contributed by atoms with Crippen LogP contribution in [-0.2, 0) is 17.6 Å². The Balaban J connectivity index is 1.43. The minimum Gasteiger partial charge on any atom is -0.481 e. The molecule has 36 heavy (non-hydrogen) atoms. The molecule has 3 nitrogen and oxygen atoms in total. The van der Waals surface area contributed by atoms with Crippen molar-refractivity contribution < 1.29 is 9.90 Å². The van der Waals surface area contributed by atoms with Gasteiger partial charge in [-0.2, -0.15) is 0 Å². The number of hydrogen-bond donors (Lipinski definition) is 1. The Labute approximate surface area is 218 Å². The summed E-state index contributed by atoms with van der Waals surface area (Å²) in [5, 5.41) is 9.40. The number of hydrogen-bond acceptors (Lipinski definition) is 3. The smallest absolute Gasteiger partial charge is 0.310 e. The van der Waals surface area contributed by atoms with Crippen LogP contribution in [0.25, 0.3) is 0 Å². The summed E-state index contributed by atoms with van der Waals surface area (Å²) in [5.41, 5.74) is 4.79. The van der Waals surface area contributed by atoms with E-state index in [1.54, 1.807) is 11.8 Å². The van der Waals surface area contributed by atoms with Gasteiger partial charge in [0, 0.05) is 28.6 Å². The van der Waals surface area contributed by atoms with Crippen LogP contribution >= 0.6 is 11.8 Å². The lowest BCUT2D eigenvalue weighted by atomic mass is 9.97. The molecular formula is C32H33NO2S. The SMILES string of the molecule is CCC(C(=O)O)c1ccc(Sc2ccc(N(CCc3ccccc3)CCc3ccccc3)cc2)cc1. The fourth-order valence-corrected chi connectivity index (χ4v) is 5.19. The maximum Gasteiger partial charge on any atom is 0.310 e. The average molecular weight is 496 g/mol. The van der Waals surface area contributed by atoms with Crippen molar-refractivity contribution in [1.82, 2.24) is 0 Å². The molecule has 0 radical (unpaired) electrons. The monoisotopic (exact) mass is 495 g/mol. The van der Waals surface area contributed by atoms with Crippen molar-refractivity contribution >= 4 is 23.4 Å². The minimum absolute atomic E-state index is 0.443. The lowest BCUT2D eigenvalue weighted by molar-refractivity contribution is -0.138. The molecule has 0 heterocycles. The Kier molecular flexibility index (Phi) is 9.23. The van der Waals surface area contributed by atoms with Gasteiger partial charge in [0.25, 0.3) is 0 Å². The van der Waals surface area contributed by atoms with Gasteiger partial charge in [0.2, 0.25) is 0 Å². The third-order valence-electron chi connectivity index (χ3n) is 6.45. The number of anilines is 1. The first-order valence-electron chi connectivity index (χ1n) is 12.6. The molecule has 0 saturated heterocycles. The number of carboxylic acids is 1. The Hall–Kier alpha value is -3.50. The fourth-order valence-electron chi connectivity index (χ4n) is 4.37. The molecule has 4 heteroatoms. The molecule has 0 aliphatic heterocycles. The van der Waals surface area contributed by atoms with Crippen molar-refractivity contribution in [3.05, 3.63) is 126 Å². The highest BCUT2D eigenvalue weighted by molar-refractivity contribution is 7.99. The van der Waals surface area contributed by atoms with Crippen LogP contribution in [0.4, 0.5) is 5.69 Å². The van der Waals surface area contributed by atoms with E-state index >= 15 is 0 Å². The molecule has 0 amide bonds. The molecule has 184 valence electrons. The molecule has 0 aliphatic carbocycles. The number of carboxylic acid groups (broad SMARTS) is 1. The first-order chi connectivity index (χ1) is 17.6. The van der Waals surface area contributed by atoms with E-state index in [-0.39, 0.29) is 0 Å². The van der Waals surface area contributed by atoms with E-state index in [1.165, 1.54) is 21.7 Å². The molecule has 4 aromatic rings. The van der Waals surface area contributed by atoms with Gasteiger partial charge in [0.1, 0.15) is 0 Å². The highest BCUT2D eigenvalue weighted by atomic mass is 32.2. The number of rotatable bonds is 12. The van der Waals surface area contributed by atoms with Gasteiger partial charge in [-0.3, -0.25) is 4.79 Å². The molecule has 1 atom stereocenters. The predicted octanol–water partition coefficient (Wildman–Crippen LogP) is 7.71. The zero-order valence-electron chi connectivity index (χ0n) is 20.7. The van der Waals surface area contributed by atoms with E-state index in [0.717, 1.165) is 36.4 Å². The van der Waals surface area contributed by atoms with Gasteiger partial charge in [-0.1, -0.05) is 91.5 Å². The number of nitrogens with zero attached hydrogens (tertiary/aromatic N) is 1. The first kappa shape index (κ1) is 25.6. The lowest BCUT2D eigenvalue weighted by Gasteiger charge is -2.25. The Morgan fingerprint density at radius 1 is 0.722 bits per heavy atom. The fraction of sp³-hybridized carbons (Fsp3) is 0.219. The predicted molar refractivity (Wildman–Crippen MR) is 150 cm³/mol. The quantitative estimate of drug-likeness (QED) is 0.218. The third-order valence-corrected chi connectivity index (χ3v) is 7.47. The van der Waals surface area contributed by atoms with Crippen molar-refractivity contribution in [2.24, 2.45) is 0 Å². The summed E-state index contributed by atoms with van der Waals surface area (Å²) >= 11 is 1.70. The van der Waals surface area contributed by atoms with Crippen molar-refractivity contribution in [2.45, 2.75) is 41.9 Å². The summed E-state index contributed by atoms with van der Waals surface area (Å²) in [5.74, 6) is -1.21. The highest BCUT2D eigenvalue weighted by Gasteiger charge is 2.17. The maximum atomic E-state index is 11.4. The van der Waals surface area contributed by atoms with Gasteiger partial charge in [0.15, 0.2) is 0 Å². The van der Waals surface area contributed by atoms with Gasteiger partial charge >= 0.3 is 5.97 Å². The second-order valence-electron chi connectivity index (χ2n) is 8.92. The Bertz CT molecular complexity index is 1170. The Morgan fingerprint density at radius 3 is 1.64 bits per heavy atom. The van der Waals surface area contributed by atoms with E-state index in [0.29, 0.717) is 6.42 Å². The van der Waals surface area contributed by atoms with Crippen molar-refractivity contribution in [3.8, 4) is 0 Å². The van der Waals surface area contributed by atoms with E-state index in [1.807, 2.05) is 31.2 Å². The van der Waals surface area contributed by atoms with Crippen molar-refractivity contribution in [3.63, 3.8) is 0 Å². The zero-order chi connectivity index (χ0) is 25.2.